The number of hydrogen-bond acceptors (Lipinski definition) is 7. The SMILES string of the molecule is O=C(Nc1nnc(N2CCN(Cc3ccc(OC(F)(F)F)cc3)CC2)s1)NC1CCCC1. The number of hydrogen-bond donors (Lipinski definition) is 2. The number of amides is 2. The number of benzene rings is 1. The first kappa shape index (κ1) is 22.6. The summed E-state index contributed by atoms with van der Waals surface area (Å²) in [7, 11) is 0. The number of ether oxygens (including phenoxy) is 1. The Hall–Kier alpha value is -2.60. The van der Waals surface area contributed by atoms with E-state index < -0.39 is 6.36 Å². The van der Waals surface area contributed by atoms with Gasteiger partial charge in [0.2, 0.25) is 10.3 Å². The smallest absolute Gasteiger partial charge is 0.406 e. The van der Waals surface area contributed by atoms with Crippen LogP contribution in [0.15, 0.2) is 24.3 Å². The molecule has 2 heterocycles. The summed E-state index contributed by atoms with van der Waals surface area (Å²) in [4.78, 5) is 16.4. The van der Waals surface area contributed by atoms with E-state index in [1.807, 2.05) is 0 Å². The number of carbonyl (C=O) groups is 1. The summed E-state index contributed by atoms with van der Waals surface area (Å²) in [6.45, 7) is 3.71. The first-order valence-corrected chi connectivity index (χ1v) is 11.4. The van der Waals surface area contributed by atoms with Crippen molar-refractivity contribution in [2.75, 3.05) is 36.4 Å². The molecule has 0 spiro atoms. The molecule has 2 aromatic rings. The molecule has 1 saturated heterocycles. The fourth-order valence-corrected chi connectivity index (χ4v) is 4.73. The summed E-state index contributed by atoms with van der Waals surface area (Å²) in [5, 5.41) is 15.2. The maximum atomic E-state index is 12.3. The molecule has 2 N–H and O–H groups in total. The van der Waals surface area contributed by atoms with Crippen molar-refractivity contribution < 1.29 is 22.7 Å². The van der Waals surface area contributed by atoms with Gasteiger partial charge in [-0.2, -0.15) is 0 Å². The van der Waals surface area contributed by atoms with Crippen molar-refractivity contribution in [2.45, 2.75) is 44.6 Å². The minimum Gasteiger partial charge on any atom is -0.406 e. The first-order valence-electron chi connectivity index (χ1n) is 10.6. The predicted molar refractivity (Wildman–Crippen MR) is 115 cm³/mol. The zero-order chi connectivity index (χ0) is 22.6. The van der Waals surface area contributed by atoms with Gasteiger partial charge in [0, 0.05) is 38.8 Å². The van der Waals surface area contributed by atoms with E-state index in [0.29, 0.717) is 11.7 Å². The zero-order valence-electron chi connectivity index (χ0n) is 17.4. The number of aromatic nitrogens is 2. The minimum absolute atomic E-state index is 0.219. The second-order valence-corrected chi connectivity index (χ2v) is 8.88. The number of anilines is 2. The van der Waals surface area contributed by atoms with Crippen LogP contribution in [0.4, 0.5) is 28.2 Å². The molecule has 174 valence electrons. The van der Waals surface area contributed by atoms with Gasteiger partial charge in [-0.1, -0.05) is 36.3 Å². The summed E-state index contributed by atoms with van der Waals surface area (Å²) in [6.07, 6.45) is -0.345. The Kier molecular flexibility index (Phi) is 6.99. The summed E-state index contributed by atoms with van der Waals surface area (Å²) >= 11 is 1.34. The van der Waals surface area contributed by atoms with Crippen LogP contribution in [0, 0.1) is 0 Å². The van der Waals surface area contributed by atoms with Crippen molar-refractivity contribution in [1.82, 2.24) is 20.4 Å². The number of piperazine rings is 1. The van der Waals surface area contributed by atoms with Gasteiger partial charge in [-0.25, -0.2) is 4.79 Å². The fourth-order valence-electron chi connectivity index (χ4n) is 3.93. The van der Waals surface area contributed by atoms with Crippen molar-refractivity contribution >= 4 is 27.6 Å². The molecular weight excluding hydrogens is 445 g/mol. The third-order valence-electron chi connectivity index (χ3n) is 5.53. The summed E-state index contributed by atoms with van der Waals surface area (Å²) in [5.74, 6) is -0.219. The Morgan fingerprint density at radius 1 is 1.09 bits per heavy atom. The quantitative estimate of drug-likeness (QED) is 0.668. The van der Waals surface area contributed by atoms with Crippen LogP contribution >= 0.6 is 11.3 Å². The number of nitrogens with one attached hydrogen (secondary N) is 2. The van der Waals surface area contributed by atoms with E-state index in [0.717, 1.165) is 62.6 Å². The molecule has 1 saturated carbocycles. The van der Waals surface area contributed by atoms with E-state index in [-0.39, 0.29) is 17.8 Å². The van der Waals surface area contributed by atoms with Crippen LogP contribution < -0.4 is 20.3 Å². The average molecular weight is 471 g/mol. The van der Waals surface area contributed by atoms with Crippen LogP contribution in [0.3, 0.4) is 0 Å². The highest BCUT2D eigenvalue weighted by Crippen LogP contribution is 2.26. The Labute approximate surface area is 187 Å². The molecule has 0 unspecified atom stereocenters. The number of carbonyl (C=O) groups excluding carboxylic acids is 1. The lowest BCUT2D eigenvalue weighted by atomic mass is 10.2. The third-order valence-corrected chi connectivity index (χ3v) is 6.43. The van der Waals surface area contributed by atoms with Gasteiger partial charge in [-0.3, -0.25) is 10.2 Å². The van der Waals surface area contributed by atoms with E-state index in [9.17, 15) is 18.0 Å². The maximum Gasteiger partial charge on any atom is 0.573 e. The Bertz CT molecular complexity index is 893. The monoisotopic (exact) mass is 470 g/mol. The third kappa shape index (κ3) is 6.45. The molecule has 0 bridgehead atoms. The molecule has 1 aromatic carbocycles. The van der Waals surface area contributed by atoms with E-state index in [1.54, 1.807) is 12.1 Å². The topological polar surface area (TPSA) is 82.6 Å². The van der Waals surface area contributed by atoms with Crippen LogP contribution in [0.2, 0.25) is 0 Å². The van der Waals surface area contributed by atoms with Crippen LogP contribution in [-0.4, -0.2) is 59.7 Å². The van der Waals surface area contributed by atoms with E-state index in [2.05, 4.69) is 35.4 Å². The molecule has 1 aromatic heterocycles. The molecule has 4 rings (SSSR count). The van der Waals surface area contributed by atoms with Gasteiger partial charge >= 0.3 is 12.4 Å². The van der Waals surface area contributed by atoms with Crippen LogP contribution in [0.1, 0.15) is 31.2 Å². The van der Waals surface area contributed by atoms with Crippen LogP contribution in [-0.2, 0) is 6.54 Å². The van der Waals surface area contributed by atoms with Gasteiger partial charge < -0.3 is 15.0 Å². The highest BCUT2D eigenvalue weighted by Gasteiger charge is 2.31. The maximum absolute atomic E-state index is 12.3. The van der Waals surface area contributed by atoms with Crippen LogP contribution in [0.5, 0.6) is 5.75 Å². The number of nitrogens with zero attached hydrogens (tertiary/aromatic N) is 4. The first-order chi connectivity index (χ1) is 15.3. The molecule has 0 radical (unpaired) electrons. The molecule has 1 aliphatic carbocycles. The number of halogens is 3. The number of rotatable bonds is 6. The number of alkyl halides is 3. The molecule has 12 heteroatoms. The standard InChI is InChI=1S/C20H25F3N6O2S/c21-20(22,23)31-16-7-5-14(6-8-16)13-28-9-11-29(12-10-28)19-27-26-18(32-19)25-17(30)24-15-3-1-2-4-15/h5-8,15H,1-4,9-13H2,(H2,24,25,26,30). The molecule has 1 aliphatic heterocycles. The lowest BCUT2D eigenvalue weighted by molar-refractivity contribution is -0.274. The summed E-state index contributed by atoms with van der Waals surface area (Å²) < 4.78 is 40.7. The number of urea groups is 1. The minimum atomic E-state index is -4.68. The van der Waals surface area contributed by atoms with Gasteiger partial charge in [-0.15, -0.1) is 23.4 Å². The molecule has 8 nitrogen and oxygen atoms in total. The van der Waals surface area contributed by atoms with Gasteiger partial charge in [0.25, 0.3) is 0 Å². The van der Waals surface area contributed by atoms with E-state index in [1.165, 1.54) is 23.5 Å². The Morgan fingerprint density at radius 2 is 1.78 bits per heavy atom. The molecular formula is C20H25F3N6O2S. The highest BCUT2D eigenvalue weighted by molar-refractivity contribution is 7.19. The van der Waals surface area contributed by atoms with Gasteiger partial charge in [0.05, 0.1) is 0 Å². The average Bonchev–Trinajstić information content (AvgIpc) is 3.41. The molecule has 0 atom stereocenters. The second-order valence-electron chi connectivity index (χ2n) is 7.92. The van der Waals surface area contributed by atoms with Gasteiger partial charge in [-0.05, 0) is 30.5 Å². The van der Waals surface area contributed by atoms with Crippen molar-refractivity contribution in [1.29, 1.82) is 0 Å². The Balaban J connectivity index is 1.22. The van der Waals surface area contributed by atoms with Crippen molar-refractivity contribution in [3.8, 4) is 5.75 Å². The van der Waals surface area contributed by atoms with Crippen molar-refractivity contribution in [3.05, 3.63) is 29.8 Å². The lowest BCUT2D eigenvalue weighted by Gasteiger charge is -2.34. The van der Waals surface area contributed by atoms with Crippen molar-refractivity contribution in [3.63, 3.8) is 0 Å². The normalized spacial score (nSPS) is 18.0. The van der Waals surface area contributed by atoms with Gasteiger partial charge in [0.15, 0.2) is 0 Å². The summed E-state index contributed by atoms with van der Waals surface area (Å²) in [5.41, 5.74) is 0.920. The Morgan fingerprint density at radius 3 is 2.44 bits per heavy atom. The lowest BCUT2D eigenvalue weighted by Crippen LogP contribution is -2.45. The molecule has 2 fully saturated rings. The fraction of sp³-hybridized carbons (Fsp3) is 0.550. The molecule has 32 heavy (non-hydrogen) atoms. The van der Waals surface area contributed by atoms with E-state index in [4.69, 9.17) is 0 Å². The zero-order valence-corrected chi connectivity index (χ0v) is 18.2. The van der Waals surface area contributed by atoms with Crippen molar-refractivity contribution in [2.24, 2.45) is 0 Å². The summed E-state index contributed by atoms with van der Waals surface area (Å²) in [6, 6.07) is 5.95. The predicted octanol–water partition coefficient (Wildman–Crippen LogP) is 3.82. The van der Waals surface area contributed by atoms with Crippen LogP contribution in [0.25, 0.3) is 0 Å². The van der Waals surface area contributed by atoms with Gasteiger partial charge in [0.1, 0.15) is 5.75 Å². The van der Waals surface area contributed by atoms with E-state index >= 15 is 0 Å². The largest absolute Gasteiger partial charge is 0.573 e. The molecule has 2 amide bonds. The second kappa shape index (κ2) is 9.90. The molecule has 2 aliphatic rings. The highest BCUT2D eigenvalue weighted by atomic mass is 32.1.